The van der Waals surface area contributed by atoms with E-state index in [-0.39, 0.29) is 24.5 Å². The van der Waals surface area contributed by atoms with Gasteiger partial charge < -0.3 is 183 Å². The van der Waals surface area contributed by atoms with Gasteiger partial charge in [-0.25, -0.2) is 0 Å². The minimum atomic E-state index is -2.20. The highest BCUT2D eigenvalue weighted by atomic mass is 16.8. The van der Waals surface area contributed by atoms with Gasteiger partial charge in [0.1, 0.15) is 164 Å². The molecule has 22 N–H and O–H groups in total. The summed E-state index contributed by atoms with van der Waals surface area (Å²) in [7, 11) is 0. The molecule has 101 heavy (non-hydrogen) atoms. The number of aliphatic hydroxyl groups excluding tert-OH is 21. The van der Waals surface area contributed by atoms with Crippen molar-refractivity contribution in [2.75, 3.05) is 59.5 Å². The Labute approximate surface area is 579 Å². The van der Waals surface area contributed by atoms with Gasteiger partial charge >= 0.3 is 0 Å². The van der Waals surface area contributed by atoms with Crippen molar-refractivity contribution in [3.8, 4) is 5.75 Å². The fraction of sp³-hybridized carbons (Fsp3) is 0.906. The zero-order valence-electron chi connectivity index (χ0n) is 55.5. The van der Waals surface area contributed by atoms with Crippen LogP contribution in [0.25, 0.3) is 0 Å². The molecule has 14 bridgehead atoms. The topological polar surface area (TPSA) is 584 Å². The van der Waals surface area contributed by atoms with Gasteiger partial charge in [0, 0.05) is 19.1 Å². The number of fused-ring (bicyclic) bond motifs is 5. The van der Waals surface area contributed by atoms with Crippen molar-refractivity contribution in [3.63, 3.8) is 0 Å². The fourth-order valence-corrected chi connectivity index (χ4v) is 16.7. The normalized spacial score (nSPS) is 51.1. The predicted molar refractivity (Wildman–Crippen MR) is 326 cm³/mol. The van der Waals surface area contributed by atoms with E-state index < -0.39 is 268 Å². The summed E-state index contributed by atoms with van der Waals surface area (Å²) < 4.78 is 87.6. The maximum atomic E-state index is 11.9. The summed E-state index contributed by atoms with van der Waals surface area (Å²) in [6.45, 7) is -3.96. The van der Waals surface area contributed by atoms with Gasteiger partial charge in [-0.1, -0.05) is 19.9 Å². The molecule has 1 aromatic carbocycles. The first-order chi connectivity index (χ1) is 48.3. The van der Waals surface area contributed by atoms with Gasteiger partial charge in [-0.15, -0.1) is 0 Å². The molecule has 580 valence electrons. The first kappa shape index (κ1) is 79.6. The Morgan fingerprint density at radius 1 is 0.396 bits per heavy atom. The fourth-order valence-electron chi connectivity index (χ4n) is 16.7. The summed E-state index contributed by atoms with van der Waals surface area (Å²) in [4.78, 5) is 0. The SMILES string of the molecule is CC12CCC3c4ccc(O)cc4CCC3C1CCC2O.CC1C(O)C2OC(CO)C1OC1OC(CO)C(OC3OC(CO)C(OC4OC(CO)C(OC5OC(CO)C(OC6OC(CO)C(OC7OC(CO)C(O2)C(O)C7O)C(O)C6O)C(O)C5O)C(O)C4O)C(O)C3OCCCO)C(O)C1O. The number of aryl methyl sites for hydroxylation is 1. The van der Waals surface area contributed by atoms with E-state index >= 15 is 0 Å². The van der Waals surface area contributed by atoms with Gasteiger partial charge in [0.15, 0.2) is 44.0 Å². The molecule has 1 aromatic rings. The Morgan fingerprint density at radius 3 is 1.13 bits per heavy atom. The Morgan fingerprint density at radius 2 is 0.743 bits per heavy atom. The second kappa shape index (κ2) is 34.0. The van der Waals surface area contributed by atoms with Gasteiger partial charge in [-0.3, -0.25) is 0 Å². The number of phenols is 1. The first-order valence-corrected chi connectivity index (χ1v) is 34.6. The molecule has 25 rings (SSSR count). The highest BCUT2D eigenvalue weighted by Crippen LogP contribution is 2.61. The number of aromatic hydroxyl groups is 1. The number of rotatable bonds is 11. The number of benzene rings is 1. The zero-order chi connectivity index (χ0) is 72.8. The quantitative estimate of drug-likeness (QED) is 0.0915. The lowest BCUT2D eigenvalue weighted by Crippen LogP contribution is -2.68. The summed E-state index contributed by atoms with van der Waals surface area (Å²) in [6, 6.07) is 5.96. The highest BCUT2D eigenvalue weighted by Gasteiger charge is 2.61. The largest absolute Gasteiger partial charge is 0.508 e. The highest BCUT2D eigenvalue weighted by molar-refractivity contribution is 5.40. The van der Waals surface area contributed by atoms with E-state index in [0.717, 1.165) is 25.2 Å². The van der Waals surface area contributed by atoms with Gasteiger partial charge in [-0.2, -0.15) is 0 Å². The summed E-state index contributed by atoms with van der Waals surface area (Å²) in [6.07, 6.45) is -57.7. The lowest BCUT2D eigenvalue weighted by Gasteiger charge is -2.50. The molecule has 0 amide bonds. The Balaban J connectivity index is 0.000000433. The maximum absolute atomic E-state index is 11.9. The molecule has 0 spiro atoms. The zero-order valence-corrected chi connectivity index (χ0v) is 55.5. The van der Waals surface area contributed by atoms with Crippen molar-refractivity contribution in [1.29, 1.82) is 0 Å². The molecule has 37 heteroatoms. The van der Waals surface area contributed by atoms with Crippen LogP contribution in [0.15, 0.2) is 18.2 Å². The number of aliphatic hydroxyl groups is 21. The Hall–Kier alpha value is -2.42. The summed E-state index contributed by atoms with van der Waals surface area (Å²) in [5, 5.41) is 241. The van der Waals surface area contributed by atoms with Gasteiger partial charge in [0.25, 0.3) is 0 Å². The van der Waals surface area contributed by atoms with Crippen LogP contribution < -0.4 is 0 Å². The van der Waals surface area contributed by atoms with Crippen LogP contribution in [0.1, 0.15) is 69.4 Å². The van der Waals surface area contributed by atoms with Crippen LogP contribution in [0, 0.1) is 23.2 Å². The van der Waals surface area contributed by atoms with Crippen LogP contribution in [0.2, 0.25) is 0 Å². The van der Waals surface area contributed by atoms with Gasteiger partial charge in [0.2, 0.25) is 0 Å². The van der Waals surface area contributed by atoms with Crippen molar-refractivity contribution in [2.45, 2.75) is 280 Å². The molecule has 3 aliphatic carbocycles. The Kier molecular flexibility index (Phi) is 26.8. The molecule has 23 fully saturated rings. The third-order valence-electron chi connectivity index (χ3n) is 22.4. The van der Waals surface area contributed by atoms with E-state index in [0.29, 0.717) is 17.6 Å². The molecular weight excluding hydrogens is 1360 g/mol. The van der Waals surface area contributed by atoms with Crippen molar-refractivity contribution < 1.29 is 183 Å². The third kappa shape index (κ3) is 15.8. The van der Waals surface area contributed by atoms with Crippen LogP contribution in [0.5, 0.6) is 5.75 Å². The molecule has 40 unspecified atom stereocenters. The van der Waals surface area contributed by atoms with E-state index in [1.54, 1.807) is 0 Å². The standard InChI is InChI=1S/C46H78O35.C18H24O2/c1-12-20(55)40-68-13(5-48)32(12)75-41-26(61)25(60)37(18(10-53)69-41)81-46-39(67-4-2-3-47)31(66)38(19(11-54)74-46)80-45-30(65)24(59)36(17(9-52)73-45)79-44-29(64)23(58)35(16(8-51)72-44)78-43-28(63)22(57)34(15(7-50)71-43)77-42-27(62)21(56)33(76-40)14(6-49)70-42;1-18-9-8-14-13-5-3-12(19)10-11(13)2-4-15(14)16(18)6-7-17(18)20/h12-66H,2-11H2,1H3;3,5,10,14-17,19-20H,2,4,6-9H2,1H3. The molecule has 40 atom stereocenters. The first-order valence-electron chi connectivity index (χ1n) is 34.6. The van der Waals surface area contributed by atoms with Crippen LogP contribution >= 0.6 is 0 Å². The predicted octanol–water partition coefficient (Wildman–Crippen LogP) is -9.94. The lowest BCUT2D eigenvalue weighted by molar-refractivity contribution is -0.397. The smallest absolute Gasteiger partial charge is 0.187 e. The third-order valence-corrected chi connectivity index (χ3v) is 22.4. The number of hydrogen-bond donors (Lipinski definition) is 22. The molecule has 21 heterocycles. The van der Waals surface area contributed by atoms with Crippen LogP contribution in [-0.2, 0) is 77.5 Å². The van der Waals surface area contributed by atoms with Crippen molar-refractivity contribution in [1.82, 2.24) is 0 Å². The molecule has 37 nitrogen and oxygen atoms in total. The average molecular weight is 1460 g/mol. The monoisotopic (exact) mass is 1460 g/mol. The molecule has 2 saturated carbocycles. The van der Waals surface area contributed by atoms with E-state index in [9.17, 15) is 112 Å². The molecular formula is C64H102O37. The molecule has 0 aromatic heterocycles. The second-order valence-electron chi connectivity index (χ2n) is 28.4. The van der Waals surface area contributed by atoms with Crippen molar-refractivity contribution in [3.05, 3.63) is 29.3 Å². The number of hydrogen-bond acceptors (Lipinski definition) is 37. The molecule has 0 radical (unpaired) electrons. The molecule has 21 saturated heterocycles. The molecule has 21 aliphatic heterocycles. The summed E-state index contributed by atoms with van der Waals surface area (Å²) in [5.74, 6) is 1.32. The van der Waals surface area contributed by atoms with Crippen molar-refractivity contribution in [2.24, 2.45) is 23.2 Å². The Bertz CT molecular complexity index is 2740. The second-order valence-corrected chi connectivity index (χ2v) is 28.4. The van der Waals surface area contributed by atoms with E-state index in [4.69, 9.17) is 71.1 Å². The minimum Gasteiger partial charge on any atom is -0.508 e. The van der Waals surface area contributed by atoms with E-state index in [1.165, 1.54) is 37.3 Å². The molecule has 24 aliphatic rings. The van der Waals surface area contributed by atoms with E-state index in [1.807, 2.05) is 12.1 Å². The number of ether oxygens (including phenoxy) is 15. The minimum absolute atomic E-state index is 0.0388. The average Bonchev–Trinajstić information content (AvgIpc) is 1.63. The lowest BCUT2D eigenvalue weighted by atomic mass is 9.55. The van der Waals surface area contributed by atoms with Crippen molar-refractivity contribution >= 4 is 0 Å². The van der Waals surface area contributed by atoms with Gasteiger partial charge in [-0.05, 0) is 91.4 Å². The van der Waals surface area contributed by atoms with Crippen LogP contribution in [0.4, 0.5) is 0 Å². The summed E-state index contributed by atoms with van der Waals surface area (Å²) in [5.41, 5.74) is 2.99. The van der Waals surface area contributed by atoms with E-state index in [2.05, 4.69) is 13.0 Å². The number of phenolic OH excluding ortho intramolecular Hbond substituents is 1. The van der Waals surface area contributed by atoms with Crippen LogP contribution in [-0.4, -0.2) is 387 Å². The maximum Gasteiger partial charge on any atom is 0.187 e. The van der Waals surface area contributed by atoms with Crippen LogP contribution in [0.3, 0.4) is 0 Å². The summed E-state index contributed by atoms with van der Waals surface area (Å²) >= 11 is 0. The van der Waals surface area contributed by atoms with Gasteiger partial charge in [0.05, 0.1) is 58.5 Å².